The summed E-state index contributed by atoms with van der Waals surface area (Å²) in [6.07, 6.45) is 3.32. The minimum absolute atomic E-state index is 0.0189. The van der Waals surface area contributed by atoms with Crippen LogP contribution in [0.4, 0.5) is 28.0 Å². The third-order valence-electron chi connectivity index (χ3n) is 11.4. The topological polar surface area (TPSA) is 86.6 Å². The summed E-state index contributed by atoms with van der Waals surface area (Å²) in [5, 5.41) is 7.70. The van der Waals surface area contributed by atoms with Crippen molar-refractivity contribution in [3.63, 3.8) is 0 Å². The number of benzene rings is 5. The summed E-state index contributed by atoms with van der Waals surface area (Å²) >= 11 is 0. The number of hydrogen-bond acceptors (Lipinski definition) is 6. The summed E-state index contributed by atoms with van der Waals surface area (Å²) < 4.78 is 69.5. The quantitative estimate of drug-likeness (QED) is 0.0679. The van der Waals surface area contributed by atoms with Gasteiger partial charge < -0.3 is 19.9 Å². The third-order valence-corrected chi connectivity index (χ3v) is 11.4. The maximum absolute atomic E-state index is 16.3. The fourth-order valence-corrected chi connectivity index (χ4v) is 8.57. The summed E-state index contributed by atoms with van der Waals surface area (Å²) in [6, 6.07) is 34.7. The lowest BCUT2D eigenvalue weighted by molar-refractivity contribution is 0.0240. The van der Waals surface area contributed by atoms with Crippen LogP contribution in [0, 0.1) is 28.7 Å². The molecule has 1 atom stereocenters. The molecule has 1 fully saturated rings. The predicted molar refractivity (Wildman–Crippen MR) is 228 cm³/mol. The molecule has 8 rings (SSSR count). The molecule has 11 heteroatoms. The van der Waals surface area contributed by atoms with Crippen molar-refractivity contribution < 1.29 is 31.9 Å². The van der Waals surface area contributed by atoms with Gasteiger partial charge in [0.05, 0.1) is 22.4 Å². The van der Waals surface area contributed by atoms with Crippen LogP contribution in [0.15, 0.2) is 134 Å². The van der Waals surface area contributed by atoms with Crippen LogP contribution in [0.3, 0.4) is 0 Å². The van der Waals surface area contributed by atoms with Gasteiger partial charge in [0.2, 0.25) is 0 Å². The number of ketones is 1. The van der Waals surface area contributed by atoms with E-state index in [4.69, 9.17) is 15.1 Å². The monoisotopic (exact) mass is 822 g/mol. The van der Waals surface area contributed by atoms with Crippen LogP contribution in [-0.4, -0.2) is 59.8 Å². The Bertz CT molecular complexity index is 2580. The van der Waals surface area contributed by atoms with Gasteiger partial charge in [-0.1, -0.05) is 97.1 Å². The van der Waals surface area contributed by atoms with Gasteiger partial charge in [0.25, 0.3) is 0 Å². The van der Waals surface area contributed by atoms with Gasteiger partial charge in [-0.3, -0.25) is 9.78 Å². The van der Waals surface area contributed by atoms with Crippen LogP contribution in [0.2, 0.25) is 0 Å². The minimum atomic E-state index is -1.19. The lowest BCUT2D eigenvalue weighted by Crippen LogP contribution is -2.50. The first-order chi connectivity index (χ1) is 29.3. The molecule has 0 radical (unpaired) electrons. The van der Waals surface area contributed by atoms with Gasteiger partial charge in [-0.05, 0) is 61.7 Å². The molecule has 308 valence electrons. The number of carbonyl (C=O) groups is 2. The van der Waals surface area contributed by atoms with Gasteiger partial charge in [0.1, 0.15) is 28.9 Å². The molecule has 0 spiro atoms. The van der Waals surface area contributed by atoms with Crippen LogP contribution in [-0.2, 0) is 10.2 Å². The van der Waals surface area contributed by atoms with Crippen molar-refractivity contribution in [3.05, 3.63) is 196 Å². The van der Waals surface area contributed by atoms with Gasteiger partial charge in [-0.25, -0.2) is 22.4 Å². The number of halogens is 4. The Balaban J connectivity index is 1.27. The van der Waals surface area contributed by atoms with Gasteiger partial charge in [0, 0.05) is 78.4 Å². The maximum Gasteiger partial charge on any atom is 0.410 e. The Labute approximate surface area is 351 Å². The highest BCUT2D eigenvalue weighted by Crippen LogP contribution is 2.55. The van der Waals surface area contributed by atoms with E-state index in [0.29, 0.717) is 11.9 Å². The lowest BCUT2D eigenvalue weighted by atomic mass is 9.61. The number of aromatic nitrogens is 1. The molecule has 6 aromatic rings. The van der Waals surface area contributed by atoms with Gasteiger partial charge in [-0.2, -0.15) is 0 Å². The molecule has 1 aliphatic carbocycles. The van der Waals surface area contributed by atoms with Crippen LogP contribution in [0.25, 0.3) is 16.7 Å². The Morgan fingerprint density at radius 3 is 1.84 bits per heavy atom. The number of hydrogen-bond donors (Lipinski definition) is 1. The van der Waals surface area contributed by atoms with E-state index in [1.165, 1.54) is 17.2 Å². The molecular weight excluding hydrogens is 781 g/mol. The van der Waals surface area contributed by atoms with Crippen molar-refractivity contribution in [2.24, 2.45) is 0 Å². The second-order valence-electron chi connectivity index (χ2n) is 16.2. The third kappa shape index (κ3) is 7.49. The average Bonchev–Trinajstić information content (AvgIpc) is 3.64. The highest BCUT2D eigenvalue weighted by atomic mass is 19.1. The zero-order chi connectivity index (χ0) is 43.1. The second kappa shape index (κ2) is 16.3. The predicted octanol–water partition coefficient (Wildman–Crippen LogP) is 10.8. The fraction of sp³-hybridized carbons (Fsp3) is 0.200. The summed E-state index contributed by atoms with van der Waals surface area (Å²) in [5.74, 6) is -5.52. The van der Waals surface area contributed by atoms with Crippen molar-refractivity contribution >= 4 is 29.4 Å². The summed E-state index contributed by atoms with van der Waals surface area (Å²) in [5.41, 5.74) is 0.192. The molecule has 2 aliphatic rings. The van der Waals surface area contributed by atoms with Crippen molar-refractivity contribution in [2.45, 2.75) is 37.7 Å². The number of nitrogens with zero attached hydrogens (tertiary/aromatic N) is 3. The standard InChI is InChI=1S/C50H42F4N4O3/c1-49(2,3)61-48(60)58-23-21-57(22-24-58)43-28-41(52)36(27-42(43)53)32-25-37-38(47(59)44-40(51)20-19-31(29-55)45(44)54)26-39(46(37)56-30-32)50(33-13-7-4-8-14-33,34-15-9-5-10-16-34)35-17-11-6-12-18-35/h4-20,25-30,39,55H,21-24H2,1-3H3. The Morgan fingerprint density at radius 1 is 0.721 bits per heavy atom. The summed E-state index contributed by atoms with van der Waals surface area (Å²) in [6.45, 7) is 6.30. The van der Waals surface area contributed by atoms with Crippen molar-refractivity contribution in [2.75, 3.05) is 31.1 Å². The number of fused-ring (bicyclic) bond motifs is 1. The number of nitrogens with one attached hydrogen (secondary N) is 1. The van der Waals surface area contributed by atoms with Crippen LogP contribution in [0.1, 0.15) is 70.6 Å². The Hall–Kier alpha value is -6.88. The highest BCUT2D eigenvalue weighted by Gasteiger charge is 2.48. The Morgan fingerprint density at radius 2 is 1.30 bits per heavy atom. The van der Waals surface area contributed by atoms with Crippen LogP contribution in [0.5, 0.6) is 0 Å². The Kier molecular flexibility index (Phi) is 10.9. The smallest absolute Gasteiger partial charge is 0.410 e. The van der Waals surface area contributed by atoms with Crippen LogP contribution < -0.4 is 4.90 Å². The number of carbonyl (C=O) groups excluding carboxylic acids is 2. The number of amides is 1. The molecule has 1 aromatic heterocycles. The molecule has 0 saturated carbocycles. The molecule has 1 unspecified atom stereocenters. The normalized spacial score (nSPS) is 15.3. The zero-order valence-corrected chi connectivity index (χ0v) is 33.8. The molecule has 1 saturated heterocycles. The molecule has 2 heterocycles. The van der Waals surface area contributed by atoms with Gasteiger partial charge in [0.15, 0.2) is 5.78 Å². The summed E-state index contributed by atoms with van der Waals surface area (Å²) in [7, 11) is 0. The molecule has 61 heavy (non-hydrogen) atoms. The van der Waals surface area contributed by atoms with Crippen LogP contribution >= 0.6 is 0 Å². The molecular formula is C50H42F4N4O3. The highest BCUT2D eigenvalue weighted by molar-refractivity contribution is 6.30. The van der Waals surface area contributed by atoms with E-state index in [1.54, 1.807) is 31.7 Å². The van der Waals surface area contributed by atoms with E-state index < -0.39 is 57.6 Å². The number of piperazine rings is 1. The van der Waals surface area contributed by atoms with Crippen molar-refractivity contribution in [1.29, 1.82) is 5.41 Å². The molecule has 1 aliphatic heterocycles. The fourth-order valence-electron chi connectivity index (χ4n) is 8.57. The summed E-state index contributed by atoms with van der Waals surface area (Å²) in [4.78, 5) is 35.4. The number of rotatable bonds is 9. The number of anilines is 1. The first kappa shape index (κ1) is 40.9. The van der Waals surface area contributed by atoms with E-state index >= 15 is 17.6 Å². The number of ether oxygens (including phenoxy) is 1. The van der Waals surface area contributed by atoms with E-state index in [2.05, 4.69) is 0 Å². The molecule has 1 amide bonds. The number of allylic oxidation sites excluding steroid dienone is 2. The van der Waals surface area contributed by atoms with Gasteiger partial charge >= 0.3 is 6.09 Å². The lowest BCUT2D eigenvalue weighted by Gasteiger charge is -2.40. The number of pyridine rings is 1. The van der Waals surface area contributed by atoms with E-state index in [-0.39, 0.29) is 59.7 Å². The second-order valence-corrected chi connectivity index (χ2v) is 16.2. The molecule has 0 bridgehead atoms. The van der Waals surface area contributed by atoms with Crippen molar-refractivity contribution in [1.82, 2.24) is 9.88 Å². The molecule has 5 aromatic carbocycles. The van der Waals surface area contributed by atoms with Gasteiger partial charge in [-0.15, -0.1) is 0 Å². The minimum Gasteiger partial charge on any atom is -0.444 e. The SMILES string of the molecule is CC(C)(C)OC(=O)N1CCN(c2cc(F)c(-c3cnc4c(c3)C(C(=O)c3c(F)ccc(C=N)c3F)=CC4C(c3ccccc3)(c3ccccc3)c3ccccc3)cc2F)CC1. The first-order valence-corrected chi connectivity index (χ1v) is 20.0. The largest absolute Gasteiger partial charge is 0.444 e. The number of Topliss-reactive ketones (excluding diaryl/α,β-unsaturated/α-hetero) is 1. The first-order valence-electron chi connectivity index (χ1n) is 20.0. The average molecular weight is 823 g/mol. The van der Waals surface area contributed by atoms with E-state index in [1.807, 2.05) is 91.0 Å². The zero-order valence-electron chi connectivity index (χ0n) is 33.8. The van der Waals surface area contributed by atoms with E-state index in [0.717, 1.165) is 41.0 Å². The maximum atomic E-state index is 16.3. The molecule has 7 nitrogen and oxygen atoms in total. The van der Waals surface area contributed by atoms with E-state index in [9.17, 15) is 9.59 Å². The molecule has 1 N–H and O–H groups in total. The van der Waals surface area contributed by atoms with Crippen molar-refractivity contribution in [3.8, 4) is 11.1 Å².